The fourth-order valence-corrected chi connectivity index (χ4v) is 10.6. The number of likely N-dealkylation sites (tertiary alicyclic amines) is 1. The number of nitrogens with zero attached hydrogens (tertiary/aromatic N) is 5. The molecule has 5 heterocycles. The van der Waals surface area contributed by atoms with Gasteiger partial charge in [-0.1, -0.05) is 42.8 Å². The van der Waals surface area contributed by atoms with Gasteiger partial charge in [-0.3, -0.25) is 4.99 Å². The van der Waals surface area contributed by atoms with Crippen molar-refractivity contribution in [1.29, 1.82) is 0 Å². The standard InChI is InChI=1S/C47H66N6O5S/c1-4-56-46-15-14-43(49-47(46)50(3)38-16-24-52(25-17-38)27-18-44-41-13-6-34(2)32-36(41)21-31-57-44)37-8-7-35-20-30-58-45(42(35)33-37)19-26-51-22-5-23-53(29-28-51)39-9-11-40(12-10-39)59(48,54)55/h6-13,15,33-34,38,43-45H,4-5,14,16-32H2,1-3H3,(H2,48,54,55)/t34?,43?,44?,45-/m0/s1. The molecular weight excluding hydrogens is 761 g/mol. The zero-order valence-corrected chi connectivity index (χ0v) is 36.4. The molecule has 320 valence electrons. The Hall–Kier alpha value is -3.52. The third kappa shape index (κ3) is 10.2. The van der Waals surface area contributed by atoms with Gasteiger partial charge in [0.2, 0.25) is 10.0 Å². The van der Waals surface area contributed by atoms with Crippen molar-refractivity contribution in [1.82, 2.24) is 14.7 Å². The fraction of sp³-hybridized carbons (Fsp3) is 0.596. The number of nitrogens with two attached hydrogens (primary N) is 1. The van der Waals surface area contributed by atoms with E-state index in [-0.39, 0.29) is 23.1 Å². The number of anilines is 1. The molecule has 2 fully saturated rings. The first-order valence-electron chi connectivity index (χ1n) is 22.4. The van der Waals surface area contributed by atoms with Crippen molar-refractivity contribution < 1.29 is 22.6 Å². The number of ether oxygens (including phenoxy) is 3. The molecule has 2 aromatic rings. The van der Waals surface area contributed by atoms with Crippen molar-refractivity contribution in [2.45, 2.75) is 101 Å². The largest absolute Gasteiger partial charge is 0.490 e. The molecule has 8 rings (SSSR count). The fourth-order valence-electron chi connectivity index (χ4n) is 10.1. The van der Waals surface area contributed by atoms with Crippen molar-refractivity contribution in [3.05, 3.63) is 94.3 Å². The molecule has 0 bridgehead atoms. The summed E-state index contributed by atoms with van der Waals surface area (Å²) in [6.07, 6.45) is 16.6. The van der Waals surface area contributed by atoms with Crippen LogP contribution in [-0.2, 0) is 30.7 Å². The number of piperidine rings is 1. The lowest BCUT2D eigenvalue weighted by Gasteiger charge is -2.40. The number of sulfonamides is 1. The maximum Gasteiger partial charge on any atom is 0.238 e. The van der Waals surface area contributed by atoms with Crippen LogP contribution in [0.1, 0.15) is 94.1 Å². The molecule has 2 saturated heterocycles. The Balaban J connectivity index is 0.872. The summed E-state index contributed by atoms with van der Waals surface area (Å²) in [5.74, 6) is 2.54. The predicted molar refractivity (Wildman–Crippen MR) is 235 cm³/mol. The van der Waals surface area contributed by atoms with E-state index in [1.165, 1.54) is 28.7 Å². The number of allylic oxidation sites excluding steroid dienone is 1. The molecule has 0 spiro atoms. The Bertz CT molecular complexity index is 2010. The first-order valence-corrected chi connectivity index (χ1v) is 23.9. The Morgan fingerprint density at radius 3 is 2.44 bits per heavy atom. The zero-order valence-electron chi connectivity index (χ0n) is 35.6. The molecule has 11 nitrogen and oxygen atoms in total. The normalized spacial score (nSPS) is 26.1. The minimum absolute atomic E-state index is 0.0340. The summed E-state index contributed by atoms with van der Waals surface area (Å²) >= 11 is 0. The number of hydrogen-bond donors (Lipinski definition) is 1. The summed E-state index contributed by atoms with van der Waals surface area (Å²) in [6.45, 7) is 14.6. The summed E-state index contributed by atoms with van der Waals surface area (Å²) < 4.78 is 42.5. The highest BCUT2D eigenvalue weighted by molar-refractivity contribution is 7.89. The Morgan fingerprint density at radius 2 is 1.66 bits per heavy atom. The van der Waals surface area contributed by atoms with Gasteiger partial charge in [0, 0.05) is 64.6 Å². The van der Waals surface area contributed by atoms with Crippen molar-refractivity contribution in [3.63, 3.8) is 0 Å². The van der Waals surface area contributed by atoms with Crippen molar-refractivity contribution in [2.24, 2.45) is 16.0 Å². The third-order valence-corrected chi connectivity index (χ3v) is 14.5. The lowest BCUT2D eigenvalue weighted by molar-refractivity contribution is 0.0296. The van der Waals surface area contributed by atoms with Gasteiger partial charge in [0.05, 0.1) is 43.0 Å². The van der Waals surface area contributed by atoms with E-state index >= 15 is 0 Å². The van der Waals surface area contributed by atoms with Crippen LogP contribution in [0.15, 0.2) is 87.5 Å². The smallest absolute Gasteiger partial charge is 0.238 e. The van der Waals surface area contributed by atoms with Crippen LogP contribution in [0.5, 0.6) is 0 Å². The number of rotatable bonds is 12. The Labute approximate surface area is 353 Å². The van der Waals surface area contributed by atoms with E-state index in [4.69, 9.17) is 24.3 Å². The van der Waals surface area contributed by atoms with Crippen LogP contribution < -0.4 is 10.0 Å². The number of likely N-dealkylation sites (N-methyl/N-ethyl adjacent to an activating group) is 1. The second kappa shape index (κ2) is 19.0. The van der Waals surface area contributed by atoms with Crippen LogP contribution in [0.25, 0.3) is 0 Å². The van der Waals surface area contributed by atoms with E-state index in [9.17, 15) is 8.42 Å². The molecule has 0 amide bonds. The Morgan fingerprint density at radius 1 is 0.915 bits per heavy atom. The second-order valence-electron chi connectivity index (χ2n) is 17.5. The summed E-state index contributed by atoms with van der Waals surface area (Å²) in [4.78, 5) is 15.5. The van der Waals surface area contributed by atoms with Crippen LogP contribution in [0.2, 0.25) is 0 Å². The number of dihydropyridines is 1. The minimum atomic E-state index is -3.70. The minimum Gasteiger partial charge on any atom is -0.490 e. The van der Waals surface area contributed by atoms with Gasteiger partial charge in [0.25, 0.3) is 0 Å². The molecule has 5 aliphatic heterocycles. The third-order valence-electron chi connectivity index (χ3n) is 13.5. The number of benzene rings is 2. The van der Waals surface area contributed by atoms with Gasteiger partial charge in [-0.2, -0.15) is 0 Å². The molecule has 3 unspecified atom stereocenters. The van der Waals surface area contributed by atoms with Crippen LogP contribution in [0.3, 0.4) is 0 Å². The van der Waals surface area contributed by atoms with E-state index in [0.29, 0.717) is 18.6 Å². The predicted octanol–water partition coefficient (Wildman–Crippen LogP) is 6.78. The molecule has 2 N–H and O–H groups in total. The molecule has 0 saturated carbocycles. The number of amidine groups is 1. The van der Waals surface area contributed by atoms with Crippen molar-refractivity contribution >= 4 is 21.5 Å². The molecule has 1 aliphatic carbocycles. The number of primary sulfonamides is 1. The molecule has 4 atom stereocenters. The van der Waals surface area contributed by atoms with Crippen LogP contribution in [0.4, 0.5) is 5.69 Å². The molecule has 0 radical (unpaired) electrons. The van der Waals surface area contributed by atoms with E-state index in [2.05, 4.69) is 76.9 Å². The monoisotopic (exact) mass is 826 g/mol. The first kappa shape index (κ1) is 42.2. The second-order valence-corrected chi connectivity index (χ2v) is 19.0. The van der Waals surface area contributed by atoms with Crippen molar-refractivity contribution in [2.75, 3.05) is 84.1 Å². The van der Waals surface area contributed by atoms with Gasteiger partial charge in [-0.15, -0.1) is 0 Å². The summed E-state index contributed by atoms with van der Waals surface area (Å²) in [5, 5.41) is 5.32. The maximum atomic E-state index is 11.7. The highest BCUT2D eigenvalue weighted by Crippen LogP contribution is 2.37. The number of hydrogen-bond acceptors (Lipinski definition) is 10. The van der Waals surface area contributed by atoms with Gasteiger partial charge >= 0.3 is 0 Å². The SMILES string of the molecule is CCOC1=CCC(c2ccc3c(c2)[C@H](CCN2CCCN(c4ccc(S(N)(=O)=O)cc4)CC2)OCC3)N=C1N(C)C1CCN(CCC2OCCC3=C2C=CC(C)C3)CC1. The Kier molecular flexibility index (Phi) is 13.6. The summed E-state index contributed by atoms with van der Waals surface area (Å²) in [5.41, 5.74) is 8.07. The van der Waals surface area contributed by atoms with Gasteiger partial charge < -0.3 is 33.8 Å². The average Bonchev–Trinajstić information content (AvgIpc) is 3.50. The van der Waals surface area contributed by atoms with Gasteiger partial charge in [0.1, 0.15) is 0 Å². The number of fused-ring (bicyclic) bond motifs is 1. The molecule has 0 aromatic heterocycles. The maximum absolute atomic E-state index is 11.7. The quantitative estimate of drug-likeness (QED) is 0.248. The summed E-state index contributed by atoms with van der Waals surface area (Å²) in [7, 11) is -1.48. The van der Waals surface area contributed by atoms with Crippen LogP contribution in [0, 0.1) is 5.92 Å². The molecule has 12 heteroatoms. The van der Waals surface area contributed by atoms with E-state index in [0.717, 1.165) is 134 Å². The van der Waals surface area contributed by atoms with Crippen molar-refractivity contribution in [3.8, 4) is 0 Å². The highest BCUT2D eigenvalue weighted by Gasteiger charge is 2.32. The summed E-state index contributed by atoms with van der Waals surface area (Å²) in [6, 6.07) is 14.4. The first-order chi connectivity index (χ1) is 28.6. The van der Waals surface area contributed by atoms with E-state index in [1.807, 2.05) is 12.1 Å². The highest BCUT2D eigenvalue weighted by atomic mass is 32.2. The van der Waals surface area contributed by atoms with Gasteiger partial charge in [0.15, 0.2) is 11.6 Å². The van der Waals surface area contributed by atoms with E-state index < -0.39 is 10.0 Å². The topological polar surface area (TPSA) is 113 Å². The van der Waals surface area contributed by atoms with Gasteiger partial charge in [-0.05, 0) is 130 Å². The van der Waals surface area contributed by atoms with Gasteiger partial charge in [-0.25, -0.2) is 13.6 Å². The molecule has 6 aliphatic rings. The average molecular weight is 827 g/mol. The molecule has 59 heavy (non-hydrogen) atoms. The van der Waals surface area contributed by atoms with Crippen LogP contribution >= 0.6 is 0 Å². The molecule has 2 aromatic carbocycles. The number of aliphatic imine (C=N–C) groups is 1. The van der Waals surface area contributed by atoms with Crippen LogP contribution in [-0.4, -0.2) is 120 Å². The molecular formula is C47H66N6O5S. The zero-order chi connectivity index (χ0) is 40.9. The lowest BCUT2D eigenvalue weighted by atomic mass is 9.84. The van der Waals surface area contributed by atoms with E-state index in [1.54, 1.807) is 17.7 Å². The lowest BCUT2D eigenvalue weighted by Crippen LogP contribution is -2.47.